The Labute approximate surface area is 203 Å². The molecule has 7 nitrogen and oxygen atoms in total. The first-order chi connectivity index (χ1) is 15.5. The highest BCUT2D eigenvalue weighted by Gasteiger charge is 2.22. The minimum absolute atomic E-state index is 0.0533. The highest BCUT2D eigenvalue weighted by molar-refractivity contribution is 8.01. The Morgan fingerprint density at radius 2 is 1.81 bits per heavy atom. The summed E-state index contributed by atoms with van der Waals surface area (Å²) >= 11 is 14.7. The number of rotatable bonds is 6. The van der Waals surface area contributed by atoms with Crippen molar-refractivity contribution in [3.05, 3.63) is 64.1 Å². The minimum atomic E-state index is -0.350. The molecule has 32 heavy (non-hydrogen) atoms. The van der Waals surface area contributed by atoms with Crippen molar-refractivity contribution in [1.29, 1.82) is 0 Å². The Morgan fingerprint density at radius 1 is 1.03 bits per heavy atom. The maximum Gasteiger partial charge on any atom is 0.259 e. The van der Waals surface area contributed by atoms with Gasteiger partial charge in [0.05, 0.1) is 16.3 Å². The second-order valence-electron chi connectivity index (χ2n) is 6.94. The third-order valence-electron chi connectivity index (χ3n) is 4.87. The van der Waals surface area contributed by atoms with Crippen LogP contribution in [0.2, 0.25) is 10.0 Å². The number of piperazine rings is 1. The SMILES string of the molecule is O=C(Nc1nnc(SCC(=O)N2CCN(c3cccc(Cl)c3)CC2)s1)c1ccccc1Cl. The summed E-state index contributed by atoms with van der Waals surface area (Å²) in [7, 11) is 0. The molecule has 1 aromatic heterocycles. The number of carbonyl (C=O) groups excluding carboxylic acids is 2. The van der Waals surface area contributed by atoms with Crippen molar-refractivity contribution in [3.8, 4) is 0 Å². The number of anilines is 2. The van der Waals surface area contributed by atoms with Crippen LogP contribution in [-0.4, -0.2) is 58.8 Å². The Bertz CT molecular complexity index is 1120. The number of thioether (sulfide) groups is 1. The molecule has 1 saturated heterocycles. The first kappa shape index (κ1) is 22.8. The molecule has 3 aromatic rings. The average Bonchev–Trinajstić information content (AvgIpc) is 3.25. The van der Waals surface area contributed by atoms with Crippen LogP contribution in [0.1, 0.15) is 10.4 Å². The van der Waals surface area contributed by atoms with Crippen LogP contribution in [0, 0.1) is 0 Å². The predicted octanol–water partition coefficient (Wildman–Crippen LogP) is 4.54. The zero-order chi connectivity index (χ0) is 22.5. The van der Waals surface area contributed by atoms with Gasteiger partial charge in [0.2, 0.25) is 11.0 Å². The van der Waals surface area contributed by atoms with Gasteiger partial charge in [-0.3, -0.25) is 14.9 Å². The van der Waals surface area contributed by atoms with Gasteiger partial charge in [-0.15, -0.1) is 10.2 Å². The van der Waals surface area contributed by atoms with Gasteiger partial charge in [0.1, 0.15) is 0 Å². The van der Waals surface area contributed by atoms with Gasteiger partial charge in [-0.1, -0.05) is 64.5 Å². The van der Waals surface area contributed by atoms with Gasteiger partial charge in [0.15, 0.2) is 4.34 Å². The maximum absolute atomic E-state index is 12.6. The van der Waals surface area contributed by atoms with Crippen LogP contribution in [0.3, 0.4) is 0 Å². The summed E-state index contributed by atoms with van der Waals surface area (Å²) < 4.78 is 0.616. The molecule has 0 spiro atoms. The molecule has 1 aliphatic rings. The lowest BCUT2D eigenvalue weighted by Crippen LogP contribution is -2.49. The summed E-state index contributed by atoms with van der Waals surface area (Å²) in [5.74, 6) is -0.0286. The third-order valence-corrected chi connectivity index (χ3v) is 7.39. The predicted molar refractivity (Wildman–Crippen MR) is 130 cm³/mol. The fourth-order valence-electron chi connectivity index (χ4n) is 3.23. The van der Waals surface area contributed by atoms with Gasteiger partial charge in [-0.2, -0.15) is 0 Å². The number of carbonyl (C=O) groups is 2. The molecule has 1 fully saturated rings. The summed E-state index contributed by atoms with van der Waals surface area (Å²) in [6.45, 7) is 2.82. The fraction of sp³-hybridized carbons (Fsp3) is 0.238. The van der Waals surface area contributed by atoms with E-state index >= 15 is 0 Å². The molecule has 0 bridgehead atoms. The topological polar surface area (TPSA) is 78.4 Å². The molecule has 0 radical (unpaired) electrons. The molecule has 0 unspecified atom stereocenters. The van der Waals surface area contributed by atoms with Gasteiger partial charge >= 0.3 is 0 Å². The molecule has 1 aliphatic heterocycles. The van der Waals surface area contributed by atoms with Crippen molar-refractivity contribution in [2.75, 3.05) is 42.1 Å². The Morgan fingerprint density at radius 3 is 2.56 bits per heavy atom. The first-order valence-corrected chi connectivity index (χ1v) is 12.4. The molecule has 2 heterocycles. The lowest BCUT2D eigenvalue weighted by Gasteiger charge is -2.36. The van der Waals surface area contributed by atoms with E-state index in [1.165, 1.54) is 23.1 Å². The molecule has 2 aromatic carbocycles. The molecule has 2 amide bonds. The number of hydrogen-bond acceptors (Lipinski definition) is 7. The summed E-state index contributed by atoms with van der Waals surface area (Å²) in [4.78, 5) is 29.0. The van der Waals surface area contributed by atoms with E-state index in [0.29, 0.717) is 38.2 Å². The fourth-order valence-corrected chi connectivity index (χ4v) is 5.29. The number of halogens is 2. The monoisotopic (exact) mass is 507 g/mol. The van der Waals surface area contributed by atoms with Crippen LogP contribution in [-0.2, 0) is 4.79 Å². The van der Waals surface area contributed by atoms with Crippen molar-refractivity contribution in [2.24, 2.45) is 0 Å². The highest BCUT2D eigenvalue weighted by Crippen LogP contribution is 2.27. The van der Waals surface area contributed by atoms with Crippen molar-refractivity contribution < 1.29 is 9.59 Å². The number of benzene rings is 2. The van der Waals surface area contributed by atoms with Crippen LogP contribution < -0.4 is 10.2 Å². The largest absolute Gasteiger partial charge is 0.368 e. The minimum Gasteiger partial charge on any atom is -0.368 e. The summed E-state index contributed by atoms with van der Waals surface area (Å²) in [6, 6.07) is 14.5. The van der Waals surface area contributed by atoms with E-state index in [9.17, 15) is 9.59 Å². The van der Waals surface area contributed by atoms with E-state index in [-0.39, 0.29) is 17.6 Å². The molecule has 4 rings (SSSR count). The van der Waals surface area contributed by atoms with Crippen molar-refractivity contribution in [2.45, 2.75) is 4.34 Å². The standard InChI is InChI=1S/C21H19Cl2N5O2S2/c22-14-4-3-5-15(12-14)27-8-10-28(11-9-27)18(29)13-31-21-26-25-20(32-21)24-19(30)16-6-1-2-7-17(16)23/h1-7,12H,8-11,13H2,(H,24,25,30). The third kappa shape index (κ3) is 5.72. The van der Waals surface area contributed by atoms with Gasteiger partial charge in [0.25, 0.3) is 5.91 Å². The van der Waals surface area contributed by atoms with Gasteiger partial charge in [-0.25, -0.2) is 0 Å². The molecule has 0 aliphatic carbocycles. The lowest BCUT2D eigenvalue weighted by atomic mass is 10.2. The zero-order valence-electron chi connectivity index (χ0n) is 16.8. The van der Waals surface area contributed by atoms with Crippen LogP contribution >= 0.6 is 46.3 Å². The lowest BCUT2D eigenvalue weighted by molar-refractivity contribution is -0.128. The van der Waals surface area contributed by atoms with Gasteiger partial charge in [-0.05, 0) is 30.3 Å². The molecular weight excluding hydrogens is 489 g/mol. The van der Waals surface area contributed by atoms with Crippen LogP contribution in [0.4, 0.5) is 10.8 Å². The first-order valence-electron chi connectivity index (χ1n) is 9.80. The summed E-state index contributed by atoms with van der Waals surface area (Å²) in [6.07, 6.45) is 0. The van der Waals surface area contributed by atoms with Crippen LogP contribution in [0.5, 0.6) is 0 Å². The molecule has 1 N–H and O–H groups in total. The second-order valence-corrected chi connectivity index (χ2v) is 9.99. The van der Waals surface area contributed by atoms with E-state index in [4.69, 9.17) is 23.2 Å². The number of hydrogen-bond donors (Lipinski definition) is 1. The van der Waals surface area contributed by atoms with Crippen molar-refractivity contribution >= 4 is 68.9 Å². The van der Waals surface area contributed by atoms with E-state index in [1.54, 1.807) is 24.3 Å². The van der Waals surface area contributed by atoms with Gasteiger partial charge in [0, 0.05) is 36.9 Å². The Balaban J connectivity index is 1.25. The molecular formula is C21H19Cl2N5O2S2. The zero-order valence-corrected chi connectivity index (χ0v) is 20.0. The normalized spacial score (nSPS) is 13.8. The maximum atomic E-state index is 12.6. The Hall–Kier alpha value is -2.33. The van der Waals surface area contributed by atoms with E-state index in [0.717, 1.165) is 18.8 Å². The van der Waals surface area contributed by atoms with Gasteiger partial charge < -0.3 is 9.80 Å². The molecule has 166 valence electrons. The van der Waals surface area contributed by atoms with Crippen molar-refractivity contribution in [3.63, 3.8) is 0 Å². The average molecular weight is 508 g/mol. The van der Waals surface area contributed by atoms with Crippen LogP contribution in [0.15, 0.2) is 52.9 Å². The summed E-state index contributed by atoms with van der Waals surface area (Å²) in [5, 5.41) is 12.2. The second kappa shape index (κ2) is 10.5. The molecule has 0 atom stereocenters. The quantitative estimate of drug-likeness (QED) is 0.389. The van der Waals surface area contributed by atoms with Crippen LogP contribution in [0.25, 0.3) is 0 Å². The highest BCUT2D eigenvalue weighted by atomic mass is 35.5. The number of amides is 2. The number of aromatic nitrogens is 2. The Kier molecular flexibility index (Phi) is 7.51. The molecule has 11 heteroatoms. The van der Waals surface area contributed by atoms with E-state index in [1.807, 2.05) is 29.2 Å². The number of nitrogens with zero attached hydrogens (tertiary/aromatic N) is 4. The smallest absolute Gasteiger partial charge is 0.259 e. The van der Waals surface area contributed by atoms with E-state index in [2.05, 4.69) is 20.4 Å². The van der Waals surface area contributed by atoms with Crippen molar-refractivity contribution in [1.82, 2.24) is 15.1 Å². The molecule has 0 saturated carbocycles. The summed E-state index contributed by atoms with van der Waals surface area (Å²) in [5.41, 5.74) is 1.44. The van der Waals surface area contributed by atoms with E-state index < -0.39 is 0 Å². The number of nitrogens with one attached hydrogen (secondary N) is 1.